The van der Waals surface area contributed by atoms with E-state index in [9.17, 15) is 10.2 Å². The molecule has 2 nitrogen and oxygen atoms in total. The molecule has 33 heavy (non-hydrogen) atoms. The first-order valence-electron chi connectivity index (χ1n) is 10.9. The number of para-hydroxylation sites is 2. The van der Waals surface area contributed by atoms with Gasteiger partial charge < -0.3 is 10.2 Å². The Hall–Kier alpha value is -3.33. The van der Waals surface area contributed by atoms with Gasteiger partial charge in [-0.25, -0.2) is 0 Å². The van der Waals surface area contributed by atoms with Gasteiger partial charge in [-0.1, -0.05) is 60.7 Å². The van der Waals surface area contributed by atoms with E-state index in [1.54, 1.807) is 35.4 Å². The molecular weight excluding hydrogens is 440 g/mol. The molecular formula is C30H24O2Ti. The van der Waals surface area contributed by atoms with Gasteiger partial charge in [0, 0.05) is 0 Å². The first-order valence-corrected chi connectivity index (χ1v) is 12.8. The van der Waals surface area contributed by atoms with Crippen molar-refractivity contribution in [3.63, 3.8) is 0 Å². The standard InChI is InChI=1S/2C9H7.2C6H6O.Ti/c2*1-2-5-9-7-3-6-8(9)4-1;2*7-6-4-2-1-3-5-6;/h2*1-7H;2*1-5,7H;/q;;;;+2/p-2. The van der Waals surface area contributed by atoms with Crippen LogP contribution < -0.4 is 10.2 Å². The van der Waals surface area contributed by atoms with Gasteiger partial charge in [0.25, 0.3) is 0 Å². The van der Waals surface area contributed by atoms with Crippen molar-refractivity contribution >= 4 is 12.2 Å². The van der Waals surface area contributed by atoms with Crippen LogP contribution in [0.15, 0.2) is 121 Å². The number of rotatable bonds is 2. The van der Waals surface area contributed by atoms with Gasteiger partial charge in [0.1, 0.15) is 0 Å². The summed E-state index contributed by atoms with van der Waals surface area (Å²) in [6, 6.07) is 34.3. The number of hydrogen-bond donors (Lipinski definition) is 0. The van der Waals surface area contributed by atoms with Crippen molar-refractivity contribution in [1.82, 2.24) is 0 Å². The van der Waals surface area contributed by atoms with Crippen molar-refractivity contribution in [3.05, 3.63) is 144 Å². The van der Waals surface area contributed by atoms with Gasteiger partial charge in [-0.05, 0) is 0 Å². The molecule has 0 aliphatic heterocycles. The zero-order valence-electron chi connectivity index (χ0n) is 18.2. The molecule has 3 heteroatoms. The maximum atomic E-state index is 10.3. The molecule has 0 radical (unpaired) electrons. The topological polar surface area (TPSA) is 46.1 Å². The number of benzene rings is 4. The summed E-state index contributed by atoms with van der Waals surface area (Å²) in [7, 11) is 0. The minimum Gasteiger partial charge on any atom is -0.872 e. The minimum atomic E-state index is -0.0859. The minimum absolute atomic E-state index is 0.0718. The zero-order valence-corrected chi connectivity index (χ0v) is 19.7. The van der Waals surface area contributed by atoms with Crippen LogP contribution in [0, 0.1) is 0 Å². The van der Waals surface area contributed by atoms with E-state index in [1.807, 2.05) is 12.1 Å². The van der Waals surface area contributed by atoms with Gasteiger partial charge in [0.2, 0.25) is 0 Å². The van der Waals surface area contributed by atoms with Crippen LogP contribution in [0.2, 0.25) is 0 Å². The predicted molar refractivity (Wildman–Crippen MR) is 128 cm³/mol. The quantitative estimate of drug-likeness (QED) is 0.335. The molecule has 0 spiro atoms. The Labute approximate surface area is 204 Å². The fraction of sp³-hybridized carbons (Fsp3) is 0.0667. The smallest absolute Gasteiger partial charge is 0.0623 e. The van der Waals surface area contributed by atoms with Gasteiger partial charge >= 0.3 is 123 Å². The molecule has 0 aromatic heterocycles. The molecule has 2 aliphatic rings. The molecule has 4 aromatic rings. The van der Waals surface area contributed by atoms with E-state index in [-0.39, 0.29) is 30.7 Å². The van der Waals surface area contributed by atoms with E-state index in [2.05, 4.69) is 72.8 Å². The van der Waals surface area contributed by atoms with E-state index >= 15 is 0 Å². The summed E-state index contributed by atoms with van der Waals surface area (Å²) in [5.74, 6) is 0.144. The second-order valence-corrected chi connectivity index (χ2v) is 10.2. The Bertz CT molecular complexity index is 1120. The molecule has 6 rings (SSSR count). The van der Waals surface area contributed by atoms with Crippen LogP contribution in [-0.4, -0.2) is 0 Å². The first kappa shape index (κ1) is 22.9. The molecule has 0 heterocycles. The van der Waals surface area contributed by atoms with Gasteiger partial charge in [0.15, 0.2) is 0 Å². The maximum Gasteiger partial charge on any atom is -0.0623 e. The van der Waals surface area contributed by atoms with Crippen LogP contribution in [0.3, 0.4) is 0 Å². The average Bonchev–Trinajstić information content (AvgIpc) is 3.46. The van der Waals surface area contributed by atoms with Crippen molar-refractivity contribution in [2.75, 3.05) is 0 Å². The monoisotopic (exact) mass is 464 g/mol. The maximum absolute atomic E-state index is 10.3. The van der Waals surface area contributed by atoms with Crippen molar-refractivity contribution in [1.29, 1.82) is 0 Å². The summed E-state index contributed by atoms with van der Waals surface area (Å²) >= 11 is -0.0859. The van der Waals surface area contributed by atoms with Crippen LogP contribution in [0.1, 0.15) is 30.7 Å². The van der Waals surface area contributed by atoms with Crippen molar-refractivity contribution in [2.24, 2.45) is 0 Å². The van der Waals surface area contributed by atoms with E-state index < -0.39 is 0 Å². The molecule has 4 aromatic carbocycles. The van der Waals surface area contributed by atoms with E-state index in [0.717, 1.165) is 0 Å². The number of fused-ring (bicyclic) bond motifs is 2. The molecule has 0 bridgehead atoms. The molecule has 0 fully saturated rings. The van der Waals surface area contributed by atoms with E-state index in [4.69, 9.17) is 0 Å². The molecule has 0 saturated heterocycles. The summed E-state index contributed by atoms with van der Waals surface area (Å²) in [5.41, 5.74) is 5.93. The predicted octanol–water partition coefficient (Wildman–Crippen LogP) is 6.13. The van der Waals surface area contributed by atoms with Gasteiger partial charge in [-0.2, -0.15) is 0 Å². The summed E-state index contributed by atoms with van der Waals surface area (Å²) in [6.07, 6.45) is 9.43. The van der Waals surface area contributed by atoms with Gasteiger partial charge in [-0.3, -0.25) is 0 Å². The van der Waals surface area contributed by atoms with Crippen molar-refractivity contribution in [3.8, 4) is 11.5 Å². The molecule has 0 N–H and O–H groups in total. The van der Waals surface area contributed by atoms with Crippen molar-refractivity contribution in [2.45, 2.75) is 8.45 Å². The fourth-order valence-corrected chi connectivity index (χ4v) is 6.46. The van der Waals surface area contributed by atoms with Crippen LogP contribution in [0.25, 0.3) is 12.2 Å². The molecule has 160 valence electrons. The Morgan fingerprint density at radius 2 is 0.818 bits per heavy atom. The van der Waals surface area contributed by atoms with Crippen LogP contribution in [-0.2, 0) is 19.2 Å². The number of hydrogen-bond acceptors (Lipinski definition) is 2. The summed E-state index contributed by atoms with van der Waals surface area (Å²) in [4.78, 5) is 0. The fourth-order valence-electron chi connectivity index (χ4n) is 3.82. The Morgan fingerprint density at radius 3 is 1.18 bits per heavy atom. The summed E-state index contributed by atoms with van der Waals surface area (Å²) in [6.45, 7) is 0. The average molecular weight is 464 g/mol. The zero-order chi connectivity index (χ0) is 22.9. The Balaban J connectivity index is 0.000000152. The largest absolute Gasteiger partial charge is 0.872 e. The Kier molecular flexibility index (Phi) is 7.97. The molecule has 0 amide bonds. The third kappa shape index (κ3) is 6.35. The van der Waals surface area contributed by atoms with Gasteiger partial charge in [-0.15, -0.1) is 11.5 Å². The van der Waals surface area contributed by atoms with E-state index in [1.165, 1.54) is 35.4 Å². The molecule has 2 aliphatic carbocycles. The van der Waals surface area contributed by atoms with Crippen molar-refractivity contribution < 1.29 is 29.4 Å². The normalized spacial score (nSPS) is 16.4. The Morgan fingerprint density at radius 1 is 0.455 bits per heavy atom. The second-order valence-electron chi connectivity index (χ2n) is 7.72. The molecule has 2 atom stereocenters. The number of allylic oxidation sites excluding steroid dienone is 2. The summed E-state index contributed by atoms with van der Waals surface area (Å²) < 4.78 is 1.38. The summed E-state index contributed by atoms with van der Waals surface area (Å²) in [5, 5.41) is 20.5. The van der Waals surface area contributed by atoms with Crippen LogP contribution >= 0.6 is 0 Å². The molecule has 2 unspecified atom stereocenters. The third-order valence-electron chi connectivity index (χ3n) is 5.44. The van der Waals surface area contributed by atoms with Crippen LogP contribution in [0.5, 0.6) is 11.5 Å². The van der Waals surface area contributed by atoms with Crippen LogP contribution in [0.4, 0.5) is 0 Å². The van der Waals surface area contributed by atoms with Gasteiger partial charge in [0.05, 0.1) is 0 Å². The third-order valence-corrected chi connectivity index (χ3v) is 8.14. The second kappa shape index (κ2) is 11.5. The first-order chi connectivity index (χ1) is 16.2. The SMILES string of the molecule is C1=C[CH]([Ti+2][CH]2C=Cc3ccccc32)c2ccccc21.[O-]c1ccccc1.[O-]c1ccccc1. The molecule has 0 saturated carbocycles. The van der Waals surface area contributed by atoms with E-state index in [0.29, 0.717) is 8.45 Å².